The highest BCUT2D eigenvalue weighted by Crippen LogP contribution is 2.25. The monoisotopic (exact) mass is 430 g/mol. The third-order valence-electron chi connectivity index (χ3n) is 4.48. The van der Waals surface area contributed by atoms with E-state index in [1.165, 1.54) is 5.56 Å². The molecule has 0 aliphatic rings. The van der Waals surface area contributed by atoms with Crippen LogP contribution in [0.3, 0.4) is 0 Å². The number of nitrogens with one attached hydrogen (secondary N) is 2. The van der Waals surface area contributed by atoms with Gasteiger partial charge in [-0.3, -0.25) is 0 Å². The first-order chi connectivity index (χ1) is 14.8. The van der Waals surface area contributed by atoms with E-state index in [1.807, 2.05) is 0 Å². The summed E-state index contributed by atoms with van der Waals surface area (Å²) in [5.41, 5.74) is 7.72. The van der Waals surface area contributed by atoms with Crippen molar-refractivity contribution in [2.24, 2.45) is 11.7 Å². The van der Waals surface area contributed by atoms with Crippen LogP contribution >= 0.6 is 0 Å². The van der Waals surface area contributed by atoms with Crippen LogP contribution in [0.1, 0.15) is 40.2 Å². The van der Waals surface area contributed by atoms with Gasteiger partial charge in [0.2, 0.25) is 11.9 Å². The zero-order valence-corrected chi connectivity index (χ0v) is 19.6. The molecule has 4 N–H and O–H groups in total. The Morgan fingerprint density at radius 1 is 0.871 bits per heavy atom. The molecule has 0 saturated heterocycles. The van der Waals surface area contributed by atoms with E-state index in [0.717, 1.165) is 12.1 Å². The minimum atomic E-state index is 0.101. The Labute approximate surface area is 186 Å². The standard InChI is InChI=1S/C23H38N6O2/c1-17(2)16-26-22-28-20(18-6-8-19(9-7-18)23(3,4)5)27-21(29-22)25-11-13-31-15-14-30-12-10-24/h6-9,17H,10-16,24H2,1-5H3,(H2,25,26,27,28,29). The summed E-state index contributed by atoms with van der Waals surface area (Å²) >= 11 is 0. The number of anilines is 2. The Balaban J connectivity index is 2.05. The van der Waals surface area contributed by atoms with Crippen LogP contribution in [0.25, 0.3) is 11.4 Å². The van der Waals surface area contributed by atoms with E-state index in [4.69, 9.17) is 15.2 Å². The van der Waals surface area contributed by atoms with E-state index in [-0.39, 0.29) is 5.41 Å². The lowest BCUT2D eigenvalue weighted by Gasteiger charge is -2.19. The van der Waals surface area contributed by atoms with Gasteiger partial charge in [-0.2, -0.15) is 15.0 Å². The number of nitrogens with two attached hydrogens (primary N) is 1. The summed E-state index contributed by atoms with van der Waals surface area (Å²) in [4.78, 5) is 13.7. The van der Waals surface area contributed by atoms with Crippen molar-refractivity contribution in [3.8, 4) is 11.4 Å². The van der Waals surface area contributed by atoms with Gasteiger partial charge < -0.3 is 25.8 Å². The lowest BCUT2D eigenvalue weighted by molar-refractivity contribution is 0.0547. The van der Waals surface area contributed by atoms with Crippen LogP contribution in [0.2, 0.25) is 0 Å². The average molecular weight is 431 g/mol. The molecule has 2 rings (SSSR count). The van der Waals surface area contributed by atoms with Gasteiger partial charge in [-0.25, -0.2) is 0 Å². The predicted octanol–water partition coefficient (Wildman–Crippen LogP) is 3.31. The fourth-order valence-electron chi connectivity index (χ4n) is 2.72. The van der Waals surface area contributed by atoms with Crippen LogP contribution in [0.4, 0.5) is 11.9 Å². The van der Waals surface area contributed by atoms with Gasteiger partial charge in [-0.15, -0.1) is 0 Å². The maximum absolute atomic E-state index is 5.56. The van der Waals surface area contributed by atoms with Crippen molar-refractivity contribution >= 4 is 11.9 Å². The van der Waals surface area contributed by atoms with Gasteiger partial charge in [-0.05, 0) is 16.9 Å². The number of aromatic nitrogens is 3. The fraction of sp³-hybridized carbons (Fsp3) is 0.609. The van der Waals surface area contributed by atoms with Gasteiger partial charge in [0.05, 0.1) is 26.4 Å². The minimum absolute atomic E-state index is 0.101. The van der Waals surface area contributed by atoms with Crippen molar-refractivity contribution in [3.05, 3.63) is 29.8 Å². The maximum atomic E-state index is 5.56. The molecule has 0 bridgehead atoms. The number of hydrogen-bond donors (Lipinski definition) is 3. The van der Waals surface area contributed by atoms with Gasteiger partial charge in [0.15, 0.2) is 5.82 Å². The number of rotatable bonds is 13. The molecule has 172 valence electrons. The van der Waals surface area contributed by atoms with Crippen molar-refractivity contribution in [2.75, 3.05) is 56.7 Å². The third kappa shape index (κ3) is 9.16. The molecule has 8 heteroatoms. The third-order valence-corrected chi connectivity index (χ3v) is 4.48. The molecule has 8 nitrogen and oxygen atoms in total. The normalized spacial score (nSPS) is 11.7. The van der Waals surface area contributed by atoms with Gasteiger partial charge in [-0.1, -0.05) is 58.9 Å². The molecule has 0 fully saturated rings. The topological polar surface area (TPSA) is 107 Å². The molecule has 0 aliphatic heterocycles. The highest BCUT2D eigenvalue weighted by atomic mass is 16.5. The molecule has 31 heavy (non-hydrogen) atoms. The van der Waals surface area contributed by atoms with E-state index in [9.17, 15) is 0 Å². The van der Waals surface area contributed by atoms with Gasteiger partial charge in [0.25, 0.3) is 0 Å². The largest absolute Gasteiger partial charge is 0.378 e. The molecule has 0 unspecified atom stereocenters. The number of ether oxygens (including phenoxy) is 2. The highest BCUT2D eigenvalue weighted by molar-refractivity contribution is 5.58. The van der Waals surface area contributed by atoms with Crippen molar-refractivity contribution < 1.29 is 9.47 Å². The molecule has 0 atom stereocenters. The van der Waals surface area contributed by atoms with E-state index in [0.29, 0.717) is 63.2 Å². The van der Waals surface area contributed by atoms with E-state index >= 15 is 0 Å². The lowest BCUT2D eigenvalue weighted by atomic mass is 9.87. The molecule has 1 aromatic heterocycles. The Morgan fingerprint density at radius 3 is 2.06 bits per heavy atom. The Morgan fingerprint density at radius 2 is 1.48 bits per heavy atom. The van der Waals surface area contributed by atoms with Crippen LogP contribution in [0, 0.1) is 5.92 Å². The first-order valence-corrected chi connectivity index (χ1v) is 11.0. The molecule has 1 aromatic carbocycles. The van der Waals surface area contributed by atoms with Crippen LogP contribution < -0.4 is 16.4 Å². The summed E-state index contributed by atoms with van der Waals surface area (Å²) < 4.78 is 10.8. The number of hydrogen-bond acceptors (Lipinski definition) is 8. The summed E-state index contributed by atoms with van der Waals surface area (Å²) in [6, 6.07) is 8.40. The Kier molecular flexibility index (Phi) is 10.1. The molecule has 0 spiro atoms. The zero-order valence-electron chi connectivity index (χ0n) is 19.6. The van der Waals surface area contributed by atoms with Crippen molar-refractivity contribution in [2.45, 2.75) is 40.0 Å². The Hall–Kier alpha value is -2.29. The molecular weight excluding hydrogens is 392 g/mol. The lowest BCUT2D eigenvalue weighted by Crippen LogP contribution is -2.17. The SMILES string of the molecule is CC(C)CNc1nc(NCCOCCOCCN)nc(-c2ccc(C(C)(C)C)cc2)n1. The molecule has 2 aromatic rings. The van der Waals surface area contributed by atoms with Crippen LogP contribution in [-0.4, -0.2) is 61.0 Å². The average Bonchev–Trinajstić information content (AvgIpc) is 2.73. The van der Waals surface area contributed by atoms with Crippen molar-refractivity contribution in [1.82, 2.24) is 15.0 Å². The van der Waals surface area contributed by atoms with E-state index in [1.54, 1.807) is 0 Å². The number of nitrogens with zero attached hydrogens (tertiary/aromatic N) is 3. The van der Waals surface area contributed by atoms with E-state index < -0.39 is 0 Å². The van der Waals surface area contributed by atoms with Gasteiger partial charge in [0, 0.05) is 25.2 Å². The van der Waals surface area contributed by atoms with Crippen LogP contribution in [-0.2, 0) is 14.9 Å². The second-order valence-electron chi connectivity index (χ2n) is 8.85. The Bertz CT molecular complexity index is 775. The highest BCUT2D eigenvalue weighted by Gasteiger charge is 2.14. The maximum Gasteiger partial charge on any atom is 0.228 e. The summed E-state index contributed by atoms with van der Waals surface area (Å²) in [5, 5.41) is 6.53. The second kappa shape index (κ2) is 12.5. The molecule has 1 heterocycles. The molecule has 0 radical (unpaired) electrons. The van der Waals surface area contributed by atoms with Crippen LogP contribution in [0.5, 0.6) is 0 Å². The first kappa shape index (κ1) is 25.0. The summed E-state index contributed by atoms with van der Waals surface area (Å²) in [6.07, 6.45) is 0. The molecule has 0 amide bonds. The van der Waals surface area contributed by atoms with Gasteiger partial charge >= 0.3 is 0 Å². The summed E-state index contributed by atoms with van der Waals surface area (Å²) in [6.45, 7) is 15.0. The molecule has 0 aliphatic carbocycles. The molecular formula is C23H38N6O2. The predicted molar refractivity (Wildman–Crippen MR) is 126 cm³/mol. The molecule has 0 saturated carbocycles. The first-order valence-electron chi connectivity index (χ1n) is 11.0. The smallest absolute Gasteiger partial charge is 0.228 e. The van der Waals surface area contributed by atoms with Crippen molar-refractivity contribution in [3.63, 3.8) is 0 Å². The van der Waals surface area contributed by atoms with Crippen LogP contribution in [0.15, 0.2) is 24.3 Å². The zero-order chi connectivity index (χ0) is 22.7. The minimum Gasteiger partial charge on any atom is -0.378 e. The summed E-state index contributed by atoms with van der Waals surface area (Å²) in [5.74, 6) is 2.22. The van der Waals surface area contributed by atoms with E-state index in [2.05, 4.69) is 84.5 Å². The quantitative estimate of drug-likeness (QED) is 0.416. The second-order valence-corrected chi connectivity index (χ2v) is 8.85. The van der Waals surface area contributed by atoms with Crippen molar-refractivity contribution in [1.29, 1.82) is 0 Å². The number of benzene rings is 1. The summed E-state index contributed by atoms with van der Waals surface area (Å²) in [7, 11) is 0. The van der Waals surface area contributed by atoms with Gasteiger partial charge in [0.1, 0.15) is 0 Å². The fourth-order valence-corrected chi connectivity index (χ4v) is 2.72.